The lowest BCUT2D eigenvalue weighted by atomic mass is 10.3. The Hall–Kier alpha value is -0.120. The highest BCUT2D eigenvalue weighted by molar-refractivity contribution is 4.64. The van der Waals surface area contributed by atoms with Crippen molar-refractivity contribution in [3.8, 4) is 0 Å². The Morgan fingerprint density at radius 1 is 1.00 bits per heavy atom. The summed E-state index contributed by atoms with van der Waals surface area (Å²) in [6.45, 7) is 14.0. The summed E-state index contributed by atoms with van der Waals surface area (Å²) in [5.41, 5.74) is 0. The van der Waals surface area contributed by atoms with E-state index in [9.17, 15) is 0 Å². The van der Waals surface area contributed by atoms with Crippen LogP contribution in [0, 0.1) is 0 Å². The van der Waals surface area contributed by atoms with Crippen LogP contribution < -0.4 is 0 Å². The van der Waals surface area contributed by atoms with Crippen molar-refractivity contribution >= 4 is 0 Å². The minimum Gasteiger partial charge on any atom is -0.352 e. The normalized spacial score (nSPS) is 12.0. The van der Waals surface area contributed by atoms with Gasteiger partial charge in [0.05, 0.1) is 0 Å². The number of hydrogen-bond donors (Lipinski definition) is 0. The summed E-state index contributed by atoms with van der Waals surface area (Å²) in [4.78, 5) is 2.40. The summed E-state index contributed by atoms with van der Waals surface area (Å²) in [6.07, 6.45) is 1.09. The van der Waals surface area contributed by atoms with Crippen molar-refractivity contribution in [3.05, 3.63) is 0 Å². The molecule has 92 valence electrons. The fourth-order valence-electron chi connectivity index (χ4n) is 1.56. The van der Waals surface area contributed by atoms with E-state index >= 15 is 0 Å². The van der Waals surface area contributed by atoms with Gasteiger partial charge in [-0.2, -0.15) is 0 Å². The maximum Gasteiger partial charge on any atom is 0.170 e. The van der Waals surface area contributed by atoms with E-state index in [0.29, 0.717) is 19.3 Å². The first-order chi connectivity index (χ1) is 7.15. The van der Waals surface area contributed by atoms with E-state index in [1.165, 1.54) is 6.42 Å². The van der Waals surface area contributed by atoms with Crippen LogP contribution in [0.4, 0.5) is 0 Å². The minimum absolute atomic E-state index is 0.0750. The molecule has 0 aliphatic carbocycles. The van der Waals surface area contributed by atoms with Gasteiger partial charge in [-0.25, -0.2) is 0 Å². The lowest BCUT2D eigenvalue weighted by Gasteiger charge is -2.29. The summed E-state index contributed by atoms with van der Waals surface area (Å²) in [6, 6.07) is 0.549. The highest BCUT2D eigenvalue weighted by Crippen LogP contribution is 2.05. The summed E-state index contributed by atoms with van der Waals surface area (Å²) in [5, 5.41) is 0. The van der Waals surface area contributed by atoms with Crippen LogP contribution in [-0.2, 0) is 9.47 Å². The molecule has 0 bridgehead atoms. The monoisotopic (exact) mass is 217 g/mol. The van der Waals surface area contributed by atoms with Gasteiger partial charge >= 0.3 is 0 Å². The second kappa shape index (κ2) is 9.13. The van der Waals surface area contributed by atoms with E-state index in [1.54, 1.807) is 0 Å². The van der Waals surface area contributed by atoms with Crippen molar-refractivity contribution in [2.24, 2.45) is 0 Å². The second-order valence-corrected chi connectivity index (χ2v) is 3.93. The molecule has 0 aliphatic rings. The van der Waals surface area contributed by atoms with E-state index in [4.69, 9.17) is 9.47 Å². The van der Waals surface area contributed by atoms with Crippen molar-refractivity contribution in [2.75, 3.05) is 26.3 Å². The third-order valence-corrected chi connectivity index (χ3v) is 2.33. The Bertz CT molecular complexity index is 134. The van der Waals surface area contributed by atoms with E-state index in [0.717, 1.165) is 13.1 Å². The van der Waals surface area contributed by atoms with Crippen molar-refractivity contribution in [1.29, 1.82) is 0 Å². The number of nitrogens with zero attached hydrogens (tertiary/aromatic N) is 1. The summed E-state index contributed by atoms with van der Waals surface area (Å²) < 4.78 is 11.1. The van der Waals surface area contributed by atoms with Crippen LogP contribution in [0.3, 0.4) is 0 Å². The van der Waals surface area contributed by atoms with Gasteiger partial charge in [0.2, 0.25) is 0 Å². The standard InChI is InChI=1S/C12H27NO2/c1-6-9-13(11(4)5)10-12(14-7-2)15-8-3/h11-12H,6-10H2,1-5H3. The molecule has 0 saturated carbocycles. The van der Waals surface area contributed by atoms with Gasteiger partial charge in [0.1, 0.15) is 0 Å². The SMILES string of the molecule is CCCN(CC(OCC)OCC)C(C)C. The van der Waals surface area contributed by atoms with Crippen LogP contribution in [0.25, 0.3) is 0 Å². The Morgan fingerprint density at radius 3 is 1.87 bits per heavy atom. The average molecular weight is 217 g/mol. The zero-order valence-corrected chi connectivity index (χ0v) is 11.0. The zero-order chi connectivity index (χ0) is 11.7. The molecule has 0 spiro atoms. The maximum absolute atomic E-state index is 5.55. The molecule has 0 aliphatic heterocycles. The van der Waals surface area contributed by atoms with E-state index in [-0.39, 0.29) is 6.29 Å². The van der Waals surface area contributed by atoms with Crippen molar-refractivity contribution < 1.29 is 9.47 Å². The van der Waals surface area contributed by atoms with Gasteiger partial charge in [0.15, 0.2) is 6.29 Å². The summed E-state index contributed by atoms with van der Waals surface area (Å²) in [7, 11) is 0. The first-order valence-corrected chi connectivity index (χ1v) is 6.12. The smallest absolute Gasteiger partial charge is 0.170 e. The van der Waals surface area contributed by atoms with Gasteiger partial charge in [-0.05, 0) is 40.7 Å². The molecule has 0 rings (SSSR count). The third-order valence-electron chi connectivity index (χ3n) is 2.33. The summed E-state index contributed by atoms with van der Waals surface area (Å²) in [5.74, 6) is 0. The van der Waals surface area contributed by atoms with Crippen LogP contribution in [0.1, 0.15) is 41.0 Å². The molecule has 0 aromatic rings. The van der Waals surface area contributed by atoms with E-state index < -0.39 is 0 Å². The lowest BCUT2D eigenvalue weighted by molar-refractivity contribution is -0.149. The number of hydrogen-bond acceptors (Lipinski definition) is 3. The van der Waals surface area contributed by atoms with Crippen LogP contribution in [0.2, 0.25) is 0 Å². The van der Waals surface area contributed by atoms with Crippen molar-refractivity contribution in [2.45, 2.75) is 53.4 Å². The van der Waals surface area contributed by atoms with Crippen LogP contribution >= 0.6 is 0 Å². The Balaban J connectivity index is 4.06. The third kappa shape index (κ3) is 6.88. The van der Waals surface area contributed by atoms with Gasteiger partial charge in [-0.15, -0.1) is 0 Å². The molecule has 0 heterocycles. The molecular weight excluding hydrogens is 190 g/mol. The predicted octanol–water partition coefficient (Wildman–Crippen LogP) is 2.51. The van der Waals surface area contributed by atoms with E-state index in [2.05, 4.69) is 25.7 Å². The molecule has 15 heavy (non-hydrogen) atoms. The first-order valence-electron chi connectivity index (χ1n) is 6.12. The molecule has 3 heteroatoms. The molecule has 0 unspecified atom stereocenters. The second-order valence-electron chi connectivity index (χ2n) is 3.93. The Morgan fingerprint density at radius 2 is 1.53 bits per heavy atom. The fraction of sp³-hybridized carbons (Fsp3) is 1.00. The van der Waals surface area contributed by atoms with Gasteiger partial charge in [0.25, 0.3) is 0 Å². The fourth-order valence-corrected chi connectivity index (χ4v) is 1.56. The largest absolute Gasteiger partial charge is 0.352 e. The lowest BCUT2D eigenvalue weighted by Crippen LogP contribution is -2.40. The summed E-state index contributed by atoms with van der Waals surface area (Å²) >= 11 is 0. The molecule has 0 atom stereocenters. The average Bonchev–Trinajstić information content (AvgIpc) is 2.17. The molecule has 0 aromatic heterocycles. The van der Waals surface area contributed by atoms with E-state index in [1.807, 2.05) is 13.8 Å². The van der Waals surface area contributed by atoms with Crippen LogP contribution in [-0.4, -0.2) is 43.5 Å². The van der Waals surface area contributed by atoms with Gasteiger partial charge in [-0.3, -0.25) is 4.90 Å². The Labute approximate surface area is 94.7 Å². The van der Waals surface area contributed by atoms with Gasteiger partial charge in [0, 0.05) is 25.8 Å². The quantitative estimate of drug-likeness (QED) is 0.554. The number of rotatable bonds is 9. The van der Waals surface area contributed by atoms with Gasteiger partial charge in [-0.1, -0.05) is 6.92 Å². The molecule has 0 fully saturated rings. The molecule has 0 aromatic carbocycles. The van der Waals surface area contributed by atoms with Gasteiger partial charge < -0.3 is 9.47 Å². The highest BCUT2D eigenvalue weighted by Gasteiger charge is 2.15. The molecule has 0 amide bonds. The topological polar surface area (TPSA) is 21.7 Å². The van der Waals surface area contributed by atoms with Crippen LogP contribution in [0.15, 0.2) is 0 Å². The zero-order valence-electron chi connectivity index (χ0n) is 11.0. The van der Waals surface area contributed by atoms with Crippen molar-refractivity contribution in [1.82, 2.24) is 4.90 Å². The number of ether oxygens (including phenoxy) is 2. The molecule has 0 N–H and O–H groups in total. The predicted molar refractivity (Wildman–Crippen MR) is 64.0 cm³/mol. The van der Waals surface area contributed by atoms with Crippen molar-refractivity contribution in [3.63, 3.8) is 0 Å². The Kier molecular flexibility index (Phi) is 9.06. The highest BCUT2D eigenvalue weighted by atomic mass is 16.7. The minimum atomic E-state index is -0.0750. The molecule has 3 nitrogen and oxygen atoms in total. The molecule has 0 radical (unpaired) electrons. The first kappa shape index (κ1) is 14.9. The molecular formula is C12H27NO2. The van der Waals surface area contributed by atoms with Crippen LogP contribution in [0.5, 0.6) is 0 Å². The maximum atomic E-state index is 5.55. The molecule has 0 saturated heterocycles.